The molecule has 0 amide bonds. The Kier molecular flexibility index (Phi) is 2.32. The largest absolute Gasteiger partial charge is 0.383 e. The average Bonchev–Trinajstić information content (AvgIpc) is 2.69. The Morgan fingerprint density at radius 2 is 2.29 bits per heavy atom. The first-order chi connectivity index (χ1) is 6.79. The number of anilines is 1. The van der Waals surface area contributed by atoms with Crippen molar-refractivity contribution in [3.63, 3.8) is 0 Å². The summed E-state index contributed by atoms with van der Waals surface area (Å²) in [5.74, 6) is 1.05. The number of rotatable bonds is 2. The number of hydrogen-bond donors (Lipinski definition) is 1. The summed E-state index contributed by atoms with van der Waals surface area (Å²) in [5, 5.41) is 4.57. The van der Waals surface area contributed by atoms with Crippen LogP contribution in [0, 0.1) is 0 Å². The topological polar surface area (TPSA) is 82.5 Å². The Hall–Kier alpha value is -1.63. The van der Waals surface area contributed by atoms with E-state index in [4.69, 9.17) is 5.73 Å². The fourth-order valence-corrected chi connectivity index (χ4v) is 1.35. The van der Waals surface area contributed by atoms with Gasteiger partial charge in [-0.2, -0.15) is 5.10 Å². The number of nitrogens with two attached hydrogens (primary N) is 1. The Morgan fingerprint density at radius 3 is 2.93 bits per heavy atom. The van der Waals surface area contributed by atoms with Crippen LogP contribution in [-0.4, -0.2) is 31.0 Å². The molecule has 0 saturated heterocycles. The van der Waals surface area contributed by atoms with Gasteiger partial charge in [-0.25, -0.2) is 19.6 Å². The standard InChI is InChI=1S/C7H8N6S/c1-14-7-11-5(8)2-6(12-7)13-4-9-3-10-13/h2-4H,1H3,(H2,8,11,12). The maximum Gasteiger partial charge on any atom is 0.191 e. The van der Waals surface area contributed by atoms with Crippen LogP contribution in [0.4, 0.5) is 5.82 Å². The number of aromatic nitrogens is 5. The van der Waals surface area contributed by atoms with Crippen LogP contribution >= 0.6 is 11.8 Å². The molecule has 0 aliphatic heterocycles. The lowest BCUT2D eigenvalue weighted by Crippen LogP contribution is -2.03. The van der Waals surface area contributed by atoms with Gasteiger partial charge < -0.3 is 5.73 Å². The number of hydrogen-bond acceptors (Lipinski definition) is 6. The molecule has 0 aliphatic carbocycles. The minimum atomic E-state index is 0.426. The quantitative estimate of drug-likeness (QED) is 0.567. The van der Waals surface area contributed by atoms with Gasteiger partial charge in [0.1, 0.15) is 18.5 Å². The van der Waals surface area contributed by atoms with Crippen molar-refractivity contribution in [2.75, 3.05) is 12.0 Å². The van der Waals surface area contributed by atoms with Crippen molar-refractivity contribution in [2.45, 2.75) is 5.16 Å². The summed E-state index contributed by atoms with van der Waals surface area (Å²) < 4.78 is 1.54. The summed E-state index contributed by atoms with van der Waals surface area (Å²) >= 11 is 1.43. The van der Waals surface area contributed by atoms with E-state index in [1.165, 1.54) is 22.8 Å². The maximum absolute atomic E-state index is 5.62. The molecule has 0 unspecified atom stereocenters. The summed E-state index contributed by atoms with van der Waals surface area (Å²) in [6.07, 6.45) is 4.89. The van der Waals surface area contributed by atoms with Crippen molar-refractivity contribution < 1.29 is 0 Å². The molecule has 0 saturated carbocycles. The van der Waals surface area contributed by atoms with E-state index in [2.05, 4.69) is 20.1 Å². The second kappa shape index (κ2) is 3.62. The second-order valence-electron chi connectivity index (χ2n) is 2.48. The SMILES string of the molecule is CSc1nc(N)cc(-n2cncn2)n1. The number of nitrogens with zero attached hydrogens (tertiary/aromatic N) is 5. The molecule has 0 spiro atoms. The third-order valence-electron chi connectivity index (χ3n) is 1.55. The van der Waals surface area contributed by atoms with E-state index in [0.717, 1.165) is 0 Å². The molecule has 0 fully saturated rings. The van der Waals surface area contributed by atoms with Crippen molar-refractivity contribution >= 4 is 17.6 Å². The van der Waals surface area contributed by atoms with Gasteiger partial charge in [0.25, 0.3) is 0 Å². The minimum absolute atomic E-state index is 0.426. The summed E-state index contributed by atoms with van der Waals surface area (Å²) in [6.45, 7) is 0. The molecule has 2 rings (SSSR count). The van der Waals surface area contributed by atoms with Gasteiger partial charge in [-0.05, 0) is 6.26 Å². The van der Waals surface area contributed by atoms with Crippen molar-refractivity contribution in [2.24, 2.45) is 0 Å². The lowest BCUT2D eigenvalue weighted by atomic mass is 10.5. The second-order valence-corrected chi connectivity index (χ2v) is 3.25. The van der Waals surface area contributed by atoms with E-state index < -0.39 is 0 Å². The molecule has 0 aliphatic rings. The zero-order valence-corrected chi connectivity index (χ0v) is 8.27. The zero-order valence-electron chi connectivity index (χ0n) is 7.45. The lowest BCUT2D eigenvalue weighted by molar-refractivity contribution is 0.809. The van der Waals surface area contributed by atoms with Gasteiger partial charge in [0, 0.05) is 6.07 Å². The Morgan fingerprint density at radius 1 is 1.43 bits per heavy atom. The summed E-state index contributed by atoms with van der Waals surface area (Å²) in [6, 6.07) is 1.65. The van der Waals surface area contributed by atoms with E-state index in [0.29, 0.717) is 16.8 Å². The molecule has 7 heteroatoms. The van der Waals surface area contributed by atoms with Crippen molar-refractivity contribution in [1.29, 1.82) is 0 Å². The van der Waals surface area contributed by atoms with E-state index >= 15 is 0 Å². The smallest absolute Gasteiger partial charge is 0.191 e. The molecule has 2 N–H and O–H groups in total. The van der Waals surface area contributed by atoms with Crippen molar-refractivity contribution in [3.05, 3.63) is 18.7 Å². The lowest BCUT2D eigenvalue weighted by Gasteiger charge is -2.02. The first-order valence-corrected chi connectivity index (χ1v) is 5.05. The summed E-state index contributed by atoms with van der Waals surface area (Å²) in [5.41, 5.74) is 5.62. The minimum Gasteiger partial charge on any atom is -0.383 e. The molecule has 72 valence electrons. The van der Waals surface area contributed by atoms with Crippen LogP contribution in [0.2, 0.25) is 0 Å². The summed E-state index contributed by atoms with van der Waals surface area (Å²) in [7, 11) is 0. The Labute approximate surface area is 84.6 Å². The van der Waals surface area contributed by atoms with E-state index in [9.17, 15) is 0 Å². The van der Waals surface area contributed by atoms with Gasteiger partial charge in [0.15, 0.2) is 11.0 Å². The van der Waals surface area contributed by atoms with Gasteiger partial charge in [-0.3, -0.25) is 0 Å². The van der Waals surface area contributed by atoms with Crippen LogP contribution < -0.4 is 5.73 Å². The highest BCUT2D eigenvalue weighted by Gasteiger charge is 2.03. The fourth-order valence-electron chi connectivity index (χ4n) is 0.965. The average molecular weight is 208 g/mol. The van der Waals surface area contributed by atoms with Crippen molar-refractivity contribution in [3.8, 4) is 5.82 Å². The molecule has 2 aromatic heterocycles. The van der Waals surface area contributed by atoms with Gasteiger partial charge >= 0.3 is 0 Å². The molecular weight excluding hydrogens is 200 g/mol. The van der Waals surface area contributed by atoms with Gasteiger partial charge in [-0.1, -0.05) is 11.8 Å². The monoisotopic (exact) mass is 208 g/mol. The van der Waals surface area contributed by atoms with Crippen LogP contribution in [0.3, 0.4) is 0 Å². The molecule has 2 aromatic rings. The molecule has 2 heterocycles. The van der Waals surface area contributed by atoms with Crippen LogP contribution in [0.1, 0.15) is 0 Å². The highest BCUT2D eigenvalue weighted by Crippen LogP contribution is 2.13. The first kappa shape index (κ1) is 8.95. The van der Waals surface area contributed by atoms with Crippen LogP contribution in [0.25, 0.3) is 5.82 Å². The maximum atomic E-state index is 5.62. The number of nitrogen functional groups attached to an aromatic ring is 1. The molecule has 0 aromatic carbocycles. The van der Waals surface area contributed by atoms with E-state index in [1.807, 2.05) is 6.26 Å². The van der Waals surface area contributed by atoms with Crippen LogP contribution in [0.15, 0.2) is 23.9 Å². The van der Waals surface area contributed by atoms with Crippen LogP contribution in [-0.2, 0) is 0 Å². The predicted molar refractivity (Wildman–Crippen MR) is 53.1 cm³/mol. The van der Waals surface area contributed by atoms with E-state index in [-0.39, 0.29) is 0 Å². The van der Waals surface area contributed by atoms with Crippen LogP contribution in [0.5, 0.6) is 0 Å². The highest BCUT2D eigenvalue weighted by atomic mass is 32.2. The molecule has 6 nitrogen and oxygen atoms in total. The third kappa shape index (κ3) is 1.67. The molecular formula is C7H8N6S. The third-order valence-corrected chi connectivity index (χ3v) is 2.10. The Balaban J connectivity index is 2.48. The summed E-state index contributed by atoms with van der Waals surface area (Å²) in [4.78, 5) is 12.1. The first-order valence-electron chi connectivity index (χ1n) is 3.83. The number of thioether (sulfide) groups is 1. The predicted octanol–water partition coefficient (Wildman–Crippen LogP) is 0.361. The fraction of sp³-hybridized carbons (Fsp3) is 0.143. The van der Waals surface area contributed by atoms with Crippen molar-refractivity contribution in [1.82, 2.24) is 24.7 Å². The van der Waals surface area contributed by atoms with Gasteiger partial charge in [-0.15, -0.1) is 0 Å². The molecule has 0 radical (unpaired) electrons. The molecule has 0 atom stereocenters. The normalized spacial score (nSPS) is 10.4. The molecule has 0 bridgehead atoms. The molecule has 14 heavy (non-hydrogen) atoms. The zero-order chi connectivity index (χ0) is 9.97. The van der Waals surface area contributed by atoms with E-state index in [1.54, 1.807) is 12.4 Å². The van der Waals surface area contributed by atoms with Gasteiger partial charge in [0.05, 0.1) is 0 Å². The Bertz CT molecular complexity index is 426. The van der Waals surface area contributed by atoms with Gasteiger partial charge in [0.2, 0.25) is 0 Å². The highest BCUT2D eigenvalue weighted by molar-refractivity contribution is 7.98.